The molecule has 12 heteroatoms. The number of thiazole rings is 1. The van der Waals surface area contributed by atoms with E-state index >= 15 is 0 Å². The zero-order chi connectivity index (χ0) is 25.2. The summed E-state index contributed by atoms with van der Waals surface area (Å²) in [5.74, 6) is 1.09. The van der Waals surface area contributed by atoms with Gasteiger partial charge in [-0.25, -0.2) is 13.4 Å². The summed E-state index contributed by atoms with van der Waals surface area (Å²) in [5.41, 5.74) is 1.13. The number of likely N-dealkylation sites (N-methyl/N-ethyl adjacent to an activating group) is 1. The molecule has 1 aromatic heterocycles. The first-order chi connectivity index (χ1) is 16.7. The number of benzene rings is 2. The second-order valence-corrected chi connectivity index (χ2v) is 11.3. The van der Waals surface area contributed by atoms with E-state index in [1.54, 1.807) is 30.9 Å². The zero-order valence-corrected chi connectivity index (χ0v) is 23.2. The molecule has 2 heterocycles. The third-order valence-corrected chi connectivity index (χ3v) is 8.84. The van der Waals surface area contributed by atoms with Crippen molar-refractivity contribution in [2.45, 2.75) is 18.7 Å². The number of hydrogen-bond donors (Lipinski definition) is 0. The van der Waals surface area contributed by atoms with Crippen molar-refractivity contribution in [3.63, 3.8) is 0 Å². The van der Waals surface area contributed by atoms with Gasteiger partial charge in [-0.3, -0.25) is 9.69 Å². The third-order valence-electron chi connectivity index (χ3n) is 5.73. The molecule has 3 aromatic rings. The fraction of sp³-hybridized carbons (Fsp3) is 0.417. The van der Waals surface area contributed by atoms with Crippen molar-refractivity contribution < 1.29 is 22.7 Å². The molecule has 1 aliphatic heterocycles. The number of carbonyl (C=O) groups excluding carboxylic acids is 1. The van der Waals surface area contributed by atoms with E-state index in [1.165, 1.54) is 27.8 Å². The number of hydrogen-bond acceptors (Lipinski definition) is 8. The summed E-state index contributed by atoms with van der Waals surface area (Å²) in [6, 6.07) is 9.85. The van der Waals surface area contributed by atoms with Gasteiger partial charge in [0, 0.05) is 43.9 Å². The van der Waals surface area contributed by atoms with Crippen LogP contribution in [-0.2, 0) is 10.0 Å². The van der Waals surface area contributed by atoms with E-state index in [1.807, 2.05) is 31.1 Å². The molecule has 0 atom stereocenters. The van der Waals surface area contributed by atoms with Crippen LogP contribution in [0.3, 0.4) is 0 Å². The van der Waals surface area contributed by atoms with Gasteiger partial charge < -0.3 is 14.4 Å². The lowest BCUT2D eigenvalue weighted by atomic mass is 10.2. The Morgan fingerprint density at radius 1 is 1.00 bits per heavy atom. The monoisotopic (exact) mass is 554 g/mol. The van der Waals surface area contributed by atoms with Crippen LogP contribution in [0.2, 0.25) is 0 Å². The number of nitrogens with zero attached hydrogens (tertiary/aromatic N) is 4. The van der Waals surface area contributed by atoms with Gasteiger partial charge in [-0.05, 0) is 38.4 Å². The summed E-state index contributed by atoms with van der Waals surface area (Å²) in [7, 11) is 0.287. The normalized spacial score (nSPS) is 13.2. The van der Waals surface area contributed by atoms with Gasteiger partial charge in [-0.1, -0.05) is 25.2 Å². The molecule has 0 saturated carbocycles. The van der Waals surface area contributed by atoms with Gasteiger partial charge in [0.1, 0.15) is 13.2 Å². The Hall–Kier alpha value is -2.44. The summed E-state index contributed by atoms with van der Waals surface area (Å²) in [6.07, 6.45) is 0. The van der Waals surface area contributed by atoms with E-state index in [0.29, 0.717) is 61.6 Å². The number of anilines is 1. The number of amides is 1. The number of ether oxygens (including phenoxy) is 2. The van der Waals surface area contributed by atoms with E-state index in [-0.39, 0.29) is 23.2 Å². The van der Waals surface area contributed by atoms with Gasteiger partial charge >= 0.3 is 0 Å². The van der Waals surface area contributed by atoms with Crippen LogP contribution in [-0.4, -0.2) is 82.0 Å². The zero-order valence-electron chi connectivity index (χ0n) is 20.8. The van der Waals surface area contributed by atoms with E-state index in [0.717, 1.165) is 10.2 Å². The van der Waals surface area contributed by atoms with Gasteiger partial charge in [0.2, 0.25) is 10.0 Å². The Kier molecular flexibility index (Phi) is 9.18. The minimum Gasteiger partial charge on any atom is -0.486 e. The Bertz CT molecular complexity index is 1270. The van der Waals surface area contributed by atoms with Gasteiger partial charge in [-0.15, -0.1) is 12.4 Å². The quantitative estimate of drug-likeness (QED) is 0.398. The molecule has 1 aliphatic rings. The minimum atomic E-state index is -3.60. The van der Waals surface area contributed by atoms with E-state index in [2.05, 4.69) is 0 Å². The molecular weight excluding hydrogens is 524 g/mol. The maximum atomic E-state index is 13.6. The molecule has 0 unspecified atom stereocenters. The molecule has 0 saturated heterocycles. The molecule has 0 N–H and O–H groups in total. The maximum absolute atomic E-state index is 13.6. The average Bonchev–Trinajstić information content (AvgIpc) is 3.25. The SMILES string of the molecule is CCN(CC)S(=O)(=O)c1ccc(C(=O)N(CCN(C)C)c2nc3cc4c(cc3s2)OCCO4)cc1.Cl. The van der Waals surface area contributed by atoms with Crippen LogP contribution in [0.25, 0.3) is 10.2 Å². The van der Waals surface area contributed by atoms with Crippen LogP contribution >= 0.6 is 23.7 Å². The lowest BCUT2D eigenvalue weighted by Crippen LogP contribution is -2.36. The second kappa shape index (κ2) is 11.7. The van der Waals surface area contributed by atoms with Crippen LogP contribution in [0.5, 0.6) is 11.5 Å². The van der Waals surface area contributed by atoms with Crippen LogP contribution in [0, 0.1) is 0 Å². The minimum absolute atomic E-state index is 0. The Balaban J connectivity index is 0.00000361. The summed E-state index contributed by atoms with van der Waals surface area (Å²) in [5, 5.41) is 0.564. The Morgan fingerprint density at radius 2 is 1.61 bits per heavy atom. The first-order valence-electron chi connectivity index (χ1n) is 11.5. The molecular formula is C24H31ClN4O5S2. The molecule has 1 amide bonds. The molecule has 36 heavy (non-hydrogen) atoms. The molecule has 196 valence electrons. The van der Waals surface area contributed by atoms with Crippen LogP contribution in [0.4, 0.5) is 5.13 Å². The number of aromatic nitrogens is 1. The van der Waals surface area contributed by atoms with Crippen LogP contribution in [0.15, 0.2) is 41.3 Å². The van der Waals surface area contributed by atoms with Crippen molar-refractivity contribution in [1.82, 2.24) is 14.2 Å². The molecule has 0 bridgehead atoms. The molecule has 0 radical (unpaired) electrons. The standard InChI is InChI=1S/C24H30N4O5S2.ClH/c1-5-27(6-2)35(30,31)18-9-7-17(8-10-18)23(29)28(12-11-26(3)4)24-25-19-15-20-21(16-22(19)34-24)33-14-13-32-20;/h7-10,15-16H,5-6,11-14H2,1-4H3;1H. The smallest absolute Gasteiger partial charge is 0.260 e. The summed E-state index contributed by atoms with van der Waals surface area (Å²) < 4.78 is 39.3. The fourth-order valence-corrected chi connectivity index (χ4v) is 6.25. The van der Waals surface area contributed by atoms with Gasteiger partial charge in [-0.2, -0.15) is 4.31 Å². The second-order valence-electron chi connectivity index (χ2n) is 8.33. The van der Waals surface area contributed by atoms with Crippen LogP contribution in [0.1, 0.15) is 24.2 Å². The lowest BCUT2D eigenvalue weighted by Gasteiger charge is -2.22. The lowest BCUT2D eigenvalue weighted by molar-refractivity contribution is 0.0985. The molecule has 4 rings (SSSR count). The van der Waals surface area contributed by atoms with Crippen molar-refractivity contribution in [3.05, 3.63) is 42.0 Å². The van der Waals surface area contributed by atoms with E-state index in [9.17, 15) is 13.2 Å². The van der Waals surface area contributed by atoms with E-state index in [4.69, 9.17) is 14.5 Å². The van der Waals surface area contributed by atoms with Crippen molar-refractivity contribution in [3.8, 4) is 11.5 Å². The Labute approximate surface area is 222 Å². The largest absolute Gasteiger partial charge is 0.486 e. The predicted octanol–water partition coefficient (Wildman–Crippen LogP) is 3.73. The fourth-order valence-electron chi connectivity index (χ4n) is 3.79. The highest BCUT2D eigenvalue weighted by molar-refractivity contribution is 7.89. The molecule has 0 fully saturated rings. The molecule has 0 spiro atoms. The number of sulfonamides is 1. The van der Waals surface area contributed by atoms with Crippen LogP contribution < -0.4 is 14.4 Å². The van der Waals surface area contributed by atoms with Gasteiger partial charge in [0.15, 0.2) is 16.6 Å². The number of rotatable bonds is 9. The molecule has 9 nitrogen and oxygen atoms in total. The maximum Gasteiger partial charge on any atom is 0.260 e. The number of fused-ring (bicyclic) bond motifs is 2. The first-order valence-corrected chi connectivity index (χ1v) is 13.8. The van der Waals surface area contributed by atoms with Crippen molar-refractivity contribution in [2.75, 3.05) is 58.4 Å². The van der Waals surface area contributed by atoms with Gasteiger partial charge in [0.25, 0.3) is 5.91 Å². The first kappa shape index (κ1) is 28.1. The number of carbonyl (C=O) groups is 1. The molecule has 2 aromatic carbocycles. The van der Waals surface area contributed by atoms with Crippen molar-refractivity contribution >= 4 is 55.0 Å². The highest BCUT2D eigenvalue weighted by Crippen LogP contribution is 2.39. The number of halogens is 1. The average molecular weight is 555 g/mol. The highest BCUT2D eigenvalue weighted by Gasteiger charge is 2.25. The van der Waals surface area contributed by atoms with Crippen molar-refractivity contribution in [2.24, 2.45) is 0 Å². The van der Waals surface area contributed by atoms with Crippen molar-refractivity contribution in [1.29, 1.82) is 0 Å². The highest BCUT2D eigenvalue weighted by atomic mass is 35.5. The topological polar surface area (TPSA) is 92.3 Å². The van der Waals surface area contributed by atoms with Gasteiger partial charge in [0.05, 0.1) is 15.1 Å². The van der Waals surface area contributed by atoms with E-state index < -0.39 is 10.0 Å². The Morgan fingerprint density at radius 3 is 2.19 bits per heavy atom. The summed E-state index contributed by atoms with van der Waals surface area (Å²) in [6.45, 7) is 6.42. The summed E-state index contributed by atoms with van der Waals surface area (Å²) >= 11 is 1.41. The summed E-state index contributed by atoms with van der Waals surface area (Å²) in [4.78, 5) is 22.1. The molecule has 0 aliphatic carbocycles. The predicted molar refractivity (Wildman–Crippen MR) is 145 cm³/mol. The third kappa shape index (κ3) is 5.76.